The standard InChI is InChI=1S/C19H23F3N4O2/c1-11(24-16(27)12-4-7-18(2,3)8-5-12)17-25-15(26-28-17)13-6-9-23-14(10-13)19(20,21)22/h6,9-12H,4-5,7-8H2,1-3H3,(H,24,27). The Morgan fingerprint density at radius 1 is 1.32 bits per heavy atom. The van der Waals surface area contributed by atoms with Crippen LogP contribution in [-0.4, -0.2) is 21.0 Å². The number of aromatic nitrogens is 3. The molecule has 28 heavy (non-hydrogen) atoms. The lowest BCUT2D eigenvalue weighted by Gasteiger charge is -2.33. The number of alkyl halides is 3. The fourth-order valence-electron chi connectivity index (χ4n) is 3.31. The van der Waals surface area contributed by atoms with E-state index >= 15 is 0 Å². The van der Waals surface area contributed by atoms with Crippen molar-refractivity contribution in [2.24, 2.45) is 11.3 Å². The molecule has 0 aliphatic heterocycles. The second-order valence-corrected chi connectivity index (χ2v) is 8.05. The van der Waals surface area contributed by atoms with Crippen LogP contribution in [0.5, 0.6) is 0 Å². The number of carbonyl (C=O) groups excluding carboxylic acids is 1. The van der Waals surface area contributed by atoms with Gasteiger partial charge in [-0.1, -0.05) is 19.0 Å². The fourth-order valence-corrected chi connectivity index (χ4v) is 3.31. The van der Waals surface area contributed by atoms with Crippen LogP contribution in [0.2, 0.25) is 0 Å². The first kappa shape index (κ1) is 20.3. The number of hydrogen-bond acceptors (Lipinski definition) is 5. The van der Waals surface area contributed by atoms with Gasteiger partial charge in [0.25, 0.3) is 0 Å². The maximum Gasteiger partial charge on any atom is 0.433 e. The number of halogens is 3. The largest absolute Gasteiger partial charge is 0.433 e. The van der Waals surface area contributed by atoms with E-state index in [0.29, 0.717) is 0 Å². The van der Waals surface area contributed by atoms with Crippen LogP contribution in [0.1, 0.15) is 64.1 Å². The number of carbonyl (C=O) groups is 1. The molecule has 0 bridgehead atoms. The van der Waals surface area contributed by atoms with Crippen LogP contribution in [0.4, 0.5) is 13.2 Å². The molecule has 1 amide bonds. The molecule has 0 radical (unpaired) electrons. The van der Waals surface area contributed by atoms with Gasteiger partial charge in [-0.25, -0.2) is 0 Å². The minimum Gasteiger partial charge on any atom is -0.344 e. The van der Waals surface area contributed by atoms with E-state index in [4.69, 9.17) is 4.52 Å². The van der Waals surface area contributed by atoms with E-state index in [-0.39, 0.29) is 34.5 Å². The smallest absolute Gasteiger partial charge is 0.344 e. The number of nitrogens with one attached hydrogen (secondary N) is 1. The Bertz CT molecular complexity index is 838. The minimum absolute atomic E-state index is 0.0171. The zero-order chi connectivity index (χ0) is 20.5. The van der Waals surface area contributed by atoms with Crippen LogP contribution in [-0.2, 0) is 11.0 Å². The minimum atomic E-state index is -4.56. The van der Waals surface area contributed by atoms with E-state index in [0.717, 1.165) is 37.9 Å². The molecule has 0 saturated heterocycles. The van der Waals surface area contributed by atoms with Crippen LogP contribution in [0.3, 0.4) is 0 Å². The molecule has 0 aromatic carbocycles. The van der Waals surface area contributed by atoms with Crippen LogP contribution in [0.15, 0.2) is 22.9 Å². The topological polar surface area (TPSA) is 80.9 Å². The fraction of sp³-hybridized carbons (Fsp3) is 0.579. The molecule has 2 heterocycles. The number of hydrogen-bond donors (Lipinski definition) is 1. The Kier molecular flexibility index (Phi) is 5.45. The van der Waals surface area contributed by atoms with E-state index in [2.05, 4.69) is 34.3 Å². The number of amides is 1. The van der Waals surface area contributed by atoms with Crippen molar-refractivity contribution >= 4 is 5.91 Å². The summed E-state index contributed by atoms with van der Waals surface area (Å²) in [6.07, 6.45) is 0.139. The Hall–Kier alpha value is -2.45. The van der Waals surface area contributed by atoms with Crippen molar-refractivity contribution in [2.75, 3.05) is 0 Å². The molecule has 3 rings (SSSR count). The molecule has 1 saturated carbocycles. The van der Waals surface area contributed by atoms with Crippen LogP contribution in [0.25, 0.3) is 11.4 Å². The summed E-state index contributed by atoms with van der Waals surface area (Å²) in [7, 11) is 0. The molecule has 1 unspecified atom stereocenters. The first-order valence-electron chi connectivity index (χ1n) is 9.23. The summed E-state index contributed by atoms with van der Waals surface area (Å²) in [6.45, 7) is 6.11. The first-order valence-corrected chi connectivity index (χ1v) is 9.23. The summed E-state index contributed by atoms with van der Waals surface area (Å²) in [4.78, 5) is 19.9. The third-order valence-corrected chi connectivity index (χ3v) is 5.19. The molecule has 0 spiro atoms. The van der Waals surface area contributed by atoms with Crippen LogP contribution < -0.4 is 5.32 Å². The van der Waals surface area contributed by atoms with Gasteiger partial charge in [0.2, 0.25) is 17.6 Å². The molecular formula is C19H23F3N4O2. The average molecular weight is 396 g/mol. The Labute approximate surface area is 160 Å². The SMILES string of the molecule is CC(NC(=O)C1CCC(C)(C)CC1)c1nc(-c2ccnc(C(F)(F)F)c2)no1. The summed E-state index contributed by atoms with van der Waals surface area (Å²) >= 11 is 0. The normalized spacial score (nSPS) is 18.6. The molecule has 1 N–H and O–H groups in total. The van der Waals surface area contributed by atoms with Crippen molar-refractivity contribution < 1.29 is 22.5 Å². The molecule has 9 heteroatoms. The van der Waals surface area contributed by atoms with Gasteiger partial charge < -0.3 is 9.84 Å². The van der Waals surface area contributed by atoms with Gasteiger partial charge in [-0.3, -0.25) is 9.78 Å². The lowest BCUT2D eigenvalue weighted by molar-refractivity contribution is -0.141. The van der Waals surface area contributed by atoms with Gasteiger partial charge in [0.1, 0.15) is 11.7 Å². The second-order valence-electron chi connectivity index (χ2n) is 8.05. The number of nitrogens with zero attached hydrogens (tertiary/aromatic N) is 3. The molecule has 1 aliphatic rings. The van der Waals surface area contributed by atoms with Crippen LogP contribution >= 0.6 is 0 Å². The monoisotopic (exact) mass is 396 g/mol. The lowest BCUT2D eigenvalue weighted by Crippen LogP contribution is -2.36. The van der Waals surface area contributed by atoms with Crippen molar-refractivity contribution in [3.05, 3.63) is 29.9 Å². The van der Waals surface area contributed by atoms with Gasteiger partial charge in [-0.05, 0) is 50.2 Å². The number of rotatable bonds is 4. The molecule has 1 atom stereocenters. The third-order valence-electron chi connectivity index (χ3n) is 5.19. The molecule has 1 fully saturated rings. The highest BCUT2D eigenvalue weighted by Gasteiger charge is 2.33. The molecule has 152 valence electrons. The maximum atomic E-state index is 12.8. The van der Waals surface area contributed by atoms with Crippen molar-refractivity contribution in [1.82, 2.24) is 20.4 Å². The maximum absolute atomic E-state index is 12.8. The predicted molar refractivity (Wildman–Crippen MR) is 94.8 cm³/mol. The highest BCUT2D eigenvalue weighted by atomic mass is 19.4. The van der Waals surface area contributed by atoms with E-state index in [1.165, 1.54) is 6.07 Å². The summed E-state index contributed by atoms with van der Waals surface area (Å²) in [6, 6.07) is 1.70. The summed E-state index contributed by atoms with van der Waals surface area (Å²) in [5.74, 6) is 0.0479. The van der Waals surface area contributed by atoms with Gasteiger partial charge in [0, 0.05) is 17.7 Å². The summed E-state index contributed by atoms with van der Waals surface area (Å²) in [5, 5.41) is 6.60. The molecule has 6 nitrogen and oxygen atoms in total. The summed E-state index contributed by atoms with van der Waals surface area (Å²) < 4.78 is 43.6. The first-order chi connectivity index (χ1) is 13.0. The molecule has 1 aliphatic carbocycles. The van der Waals surface area contributed by atoms with E-state index in [9.17, 15) is 18.0 Å². The van der Waals surface area contributed by atoms with Gasteiger partial charge >= 0.3 is 6.18 Å². The second kappa shape index (κ2) is 7.52. The van der Waals surface area contributed by atoms with Gasteiger partial charge in [-0.2, -0.15) is 18.2 Å². The highest BCUT2D eigenvalue weighted by molar-refractivity contribution is 5.79. The summed E-state index contributed by atoms with van der Waals surface area (Å²) in [5.41, 5.74) is -0.618. The van der Waals surface area contributed by atoms with Crippen molar-refractivity contribution in [2.45, 2.75) is 58.7 Å². The lowest BCUT2D eigenvalue weighted by atomic mass is 9.73. The number of pyridine rings is 1. The van der Waals surface area contributed by atoms with Crippen molar-refractivity contribution in [3.63, 3.8) is 0 Å². The predicted octanol–water partition coefficient (Wildman–Crippen LogP) is 4.54. The third kappa shape index (κ3) is 4.69. The highest BCUT2D eigenvalue weighted by Crippen LogP contribution is 2.38. The Balaban J connectivity index is 1.66. The average Bonchev–Trinajstić information content (AvgIpc) is 3.11. The zero-order valence-corrected chi connectivity index (χ0v) is 16.0. The van der Waals surface area contributed by atoms with Crippen molar-refractivity contribution in [3.8, 4) is 11.4 Å². The van der Waals surface area contributed by atoms with E-state index in [1.807, 2.05) is 0 Å². The van der Waals surface area contributed by atoms with E-state index < -0.39 is 17.9 Å². The Morgan fingerprint density at radius 2 is 2.00 bits per heavy atom. The molecule has 2 aromatic heterocycles. The Morgan fingerprint density at radius 3 is 2.64 bits per heavy atom. The molecule has 2 aromatic rings. The van der Waals surface area contributed by atoms with Gasteiger partial charge in [0.05, 0.1) is 0 Å². The van der Waals surface area contributed by atoms with Gasteiger partial charge in [-0.15, -0.1) is 0 Å². The van der Waals surface area contributed by atoms with Crippen molar-refractivity contribution in [1.29, 1.82) is 0 Å². The molecular weight excluding hydrogens is 373 g/mol. The zero-order valence-electron chi connectivity index (χ0n) is 16.0. The van der Waals surface area contributed by atoms with E-state index in [1.54, 1.807) is 6.92 Å². The van der Waals surface area contributed by atoms with Crippen LogP contribution in [0, 0.1) is 11.3 Å². The quantitative estimate of drug-likeness (QED) is 0.820. The van der Waals surface area contributed by atoms with Gasteiger partial charge in [0.15, 0.2) is 0 Å².